The molecule has 0 atom stereocenters. The first-order valence-corrected chi connectivity index (χ1v) is 9.29. The number of carbonyl (C=O) groups is 1. The third-order valence-corrected chi connectivity index (χ3v) is 4.97. The maximum Gasteiger partial charge on any atom is 0.321 e. The molecule has 2 heterocycles. The molecule has 1 saturated heterocycles. The lowest BCUT2D eigenvalue weighted by Crippen LogP contribution is -2.27. The van der Waals surface area contributed by atoms with Crippen LogP contribution in [0.25, 0.3) is 11.3 Å². The molecular weight excluding hydrogens is 354 g/mol. The predicted octanol–water partition coefficient (Wildman–Crippen LogP) is 4.09. The van der Waals surface area contributed by atoms with Crippen molar-refractivity contribution in [1.29, 1.82) is 0 Å². The van der Waals surface area contributed by atoms with Gasteiger partial charge in [-0.25, -0.2) is 9.78 Å². The van der Waals surface area contributed by atoms with E-state index in [-0.39, 0.29) is 6.03 Å². The Morgan fingerprint density at radius 2 is 2.07 bits per heavy atom. The number of urea groups is 1. The highest BCUT2D eigenvalue weighted by Gasteiger charge is 2.22. The van der Waals surface area contributed by atoms with E-state index in [2.05, 4.69) is 17.2 Å². The fraction of sp³-hybridized carbons (Fsp3) is 0.273. The molecule has 1 N–H and O–H groups in total. The number of hydrogen-bond acceptors (Lipinski definition) is 4. The second-order valence-corrected chi connectivity index (χ2v) is 7.03. The third kappa shape index (κ3) is 3.58. The first kappa shape index (κ1) is 18.1. The van der Waals surface area contributed by atoms with Crippen LogP contribution in [-0.4, -0.2) is 31.2 Å². The van der Waals surface area contributed by atoms with Crippen molar-refractivity contribution in [2.24, 2.45) is 0 Å². The lowest BCUT2D eigenvalue weighted by Gasteiger charge is -2.16. The molecule has 144 valence electrons. The number of benzene rings is 2. The third-order valence-electron chi connectivity index (χ3n) is 4.97. The van der Waals surface area contributed by atoms with Crippen LogP contribution in [-0.2, 0) is 6.42 Å². The van der Waals surface area contributed by atoms with Crippen LogP contribution in [0.2, 0.25) is 0 Å². The van der Waals surface area contributed by atoms with E-state index in [4.69, 9.17) is 9.15 Å². The highest BCUT2D eigenvalue weighted by molar-refractivity contribution is 5.94. The molecular formula is C22H23N3O3. The quantitative estimate of drug-likeness (QED) is 0.727. The number of aromatic nitrogens is 1. The minimum absolute atomic E-state index is 0.0664. The summed E-state index contributed by atoms with van der Waals surface area (Å²) in [6.07, 6.45) is 2.34. The van der Waals surface area contributed by atoms with Crippen molar-refractivity contribution in [1.82, 2.24) is 10.3 Å². The molecule has 4 rings (SSSR count). The summed E-state index contributed by atoms with van der Waals surface area (Å²) in [5.41, 5.74) is 5.13. The van der Waals surface area contributed by atoms with Crippen molar-refractivity contribution in [2.75, 3.05) is 25.1 Å². The molecule has 1 aromatic heterocycles. The number of rotatable bonds is 5. The molecule has 2 aromatic carbocycles. The molecule has 28 heavy (non-hydrogen) atoms. The summed E-state index contributed by atoms with van der Waals surface area (Å²) >= 11 is 0. The zero-order valence-electron chi connectivity index (χ0n) is 16.3. The summed E-state index contributed by atoms with van der Waals surface area (Å²) in [5, 5.41) is 2.83. The fourth-order valence-corrected chi connectivity index (χ4v) is 3.43. The average Bonchev–Trinajstić information content (AvgIpc) is 3.32. The van der Waals surface area contributed by atoms with Crippen LogP contribution in [0.3, 0.4) is 0 Å². The molecule has 0 saturated carbocycles. The van der Waals surface area contributed by atoms with Gasteiger partial charge in [0.15, 0.2) is 11.7 Å². The molecule has 6 nitrogen and oxygen atoms in total. The van der Waals surface area contributed by atoms with E-state index < -0.39 is 0 Å². The second kappa shape index (κ2) is 7.38. The number of aryl methyl sites for hydroxylation is 2. The van der Waals surface area contributed by atoms with Gasteiger partial charge in [-0.1, -0.05) is 6.07 Å². The monoisotopic (exact) mass is 377 g/mol. The van der Waals surface area contributed by atoms with Crippen LogP contribution < -0.4 is 15.0 Å². The number of ether oxygens (including phenoxy) is 1. The largest absolute Gasteiger partial charge is 0.497 e. The Hall–Kier alpha value is -3.28. The van der Waals surface area contributed by atoms with E-state index in [1.165, 1.54) is 5.56 Å². The van der Waals surface area contributed by atoms with Gasteiger partial charge in [0.05, 0.1) is 13.3 Å². The minimum atomic E-state index is -0.0664. The summed E-state index contributed by atoms with van der Waals surface area (Å²) in [4.78, 5) is 18.2. The van der Waals surface area contributed by atoms with Crippen molar-refractivity contribution in [3.63, 3.8) is 0 Å². The predicted molar refractivity (Wildman–Crippen MR) is 108 cm³/mol. The summed E-state index contributed by atoms with van der Waals surface area (Å²) < 4.78 is 11.3. The van der Waals surface area contributed by atoms with Crippen LogP contribution in [0.15, 0.2) is 47.0 Å². The zero-order chi connectivity index (χ0) is 19.7. The number of amides is 2. The summed E-state index contributed by atoms with van der Waals surface area (Å²) in [7, 11) is 1.66. The first-order valence-electron chi connectivity index (χ1n) is 9.29. The number of nitrogens with one attached hydrogen (secondary N) is 1. The van der Waals surface area contributed by atoms with Gasteiger partial charge in [-0.2, -0.15) is 0 Å². The summed E-state index contributed by atoms with van der Waals surface area (Å²) in [6, 6.07) is 11.9. The van der Waals surface area contributed by atoms with Gasteiger partial charge in [-0.15, -0.1) is 0 Å². The topological polar surface area (TPSA) is 67.6 Å². The fourth-order valence-electron chi connectivity index (χ4n) is 3.43. The van der Waals surface area contributed by atoms with E-state index in [1.807, 2.05) is 43.3 Å². The van der Waals surface area contributed by atoms with Crippen LogP contribution >= 0.6 is 0 Å². The van der Waals surface area contributed by atoms with Crippen molar-refractivity contribution >= 4 is 11.7 Å². The minimum Gasteiger partial charge on any atom is -0.497 e. The normalized spacial score (nSPS) is 13.7. The maximum atomic E-state index is 12.0. The summed E-state index contributed by atoms with van der Waals surface area (Å²) in [5.74, 6) is 2.16. The molecule has 0 spiro atoms. The van der Waals surface area contributed by atoms with Gasteiger partial charge in [0.2, 0.25) is 0 Å². The van der Waals surface area contributed by atoms with Crippen LogP contribution in [0, 0.1) is 13.8 Å². The van der Waals surface area contributed by atoms with Crippen LogP contribution in [0.1, 0.15) is 22.6 Å². The Bertz CT molecular complexity index is 1030. The standard InChI is InChI=1S/C22H23N3O3/c1-14-8-17(10-18(9-14)25-7-6-23-22(25)26)20-13-24-21(28-20)12-16-11-19(27-3)5-4-15(16)2/h4-5,8-11,13H,6-7,12H2,1-3H3,(H,23,26). The van der Waals surface area contributed by atoms with Crippen LogP contribution in [0.5, 0.6) is 5.75 Å². The molecule has 0 aliphatic carbocycles. The van der Waals surface area contributed by atoms with Crippen molar-refractivity contribution in [3.05, 3.63) is 65.2 Å². The van der Waals surface area contributed by atoms with E-state index in [0.29, 0.717) is 31.2 Å². The molecule has 0 unspecified atom stereocenters. The molecule has 3 aromatic rings. The van der Waals surface area contributed by atoms with Gasteiger partial charge in [0.1, 0.15) is 5.75 Å². The van der Waals surface area contributed by atoms with Crippen molar-refractivity contribution in [2.45, 2.75) is 20.3 Å². The highest BCUT2D eigenvalue weighted by Crippen LogP contribution is 2.29. The van der Waals surface area contributed by atoms with Crippen molar-refractivity contribution < 1.29 is 13.9 Å². The molecule has 0 bridgehead atoms. The Labute approximate surface area is 164 Å². The number of methoxy groups -OCH3 is 1. The van der Waals surface area contributed by atoms with Gasteiger partial charge in [0.25, 0.3) is 0 Å². The van der Waals surface area contributed by atoms with E-state index in [0.717, 1.165) is 28.1 Å². The first-order chi connectivity index (χ1) is 13.5. The highest BCUT2D eigenvalue weighted by atomic mass is 16.5. The number of hydrogen-bond donors (Lipinski definition) is 1. The van der Waals surface area contributed by atoms with Crippen LogP contribution in [0.4, 0.5) is 10.5 Å². The van der Waals surface area contributed by atoms with Gasteiger partial charge in [-0.3, -0.25) is 4.90 Å². The second-order valence-electron chi connectivity index (χ2n) is 7.03. The Morgan fingerprint density at radius 3 is 2.82 bits per heavy atom. The van der Waals surface area contributed by atoms with Gasteiger partial charge in [-0.05, 0) is 60.9 Å². The van der Waals surface area contributed by atoms with E-state index >= 15 is 0 Å². The van der Waals surface area contributed by atoms with Gasteiger partial charge >= 0.3 is 6.03 Å². The molecule has 1 aliphatic rings. The molecule has 1 aliphatic heterocycles. The number of anilines is 1. The Balaban J connectivity index is 1.61. The van der Waals surface area contributed by atoms with E-state index in [9.17, 15) is 4.79 Å². The maximum absolute atomic E-state index is 12.0. The smallest absolute Gasteiger partial charge is 0.321 e. The Kier molecular flexibility index (Phi) is 4.77. The Morgan fingerprint density at radius 1 is 1.21 bits per heavy atom. The molecule has 1 fully saturated rings. The number of nitrogens with zero attached hydrogens (tertiary/aromatic N) is 2. The van der Waals surface area contributed by atoms with Crippen molar-refractivity contribution in [3.8, 4) is 17.1 Å². The zero-order valence-corrected chi connectivity index (χ0v) is 16.3. The lowest BCUT2D eigenvalue weighted by molar-refractivity contribution is 0.252. The SMILES string of the molecule is COc1ccc(C)c(Cc2ncc(-c3cc(C)cc(N4CCNC4=O)c3)o2)c1. The molecule has 0 radical (unpaired) electrons. The summed E-state index contributed by atoms with van der Waals surface area (Å²) in [6.45, 7) is 5.40. The molecule has 2 amide bonds. The lowest BCUT2D eigenvalue weighted by atomic mass is 10.1. The number of carbonyl (C=O) groups excluding carboxylic acids is 1. The molecule has 6 heteroatoms. The number of oxazole rings is 1. The average molecular weight is 377 g/mol. The van der Waals surface area contributed by atoms with Gasteiger partial charge in [0, 0.05) is 30.8 Å². The van der Waals surface area contributed by atoms with Gasteiger partial charge < -0.3 is 14.5 Å². The van der Waals surface area contributed by atoms with E-state index in [1.54, 1.807) is 18.2 Å².